The van der Waals surface area contributed by atoms with Crippen LogP contribution in [0.4, 0.5) is 0 Å². The van der Waals surface area contributed by atoms with Crippen molar-refractivity contribution in [1.29, 1.82) is 5.26 Å². The summed E-state index contributed by atoms with van der Waals surface area (Å²) in [5, 5.41) is 19.0. The van der Waals surface area contributed by atoms with E-state index in [4.69, 9.17) is 0 Å². The predicted molar refractivity (Wildman–Crippen MR) is 158 cm³/mol. The number of azo groups is 1. The van der Waals surface area contributed by atoms with Crippen LogP contribution in [-0.4, -0.2) is 13.1 Å². The Bertz CT molecular complexity index is 871. The van der Waals surface area contributed by atoms with Crippen molar-refractivity contribution >= 4 is 0 Å². The molecule has 3 nitrogen and oxygen atoms in total. The molecular formula is C34H51N3. The summed E-state index contributed by atoms with van der Waals surface area (Å²) in [6.07, 6.45) is 20.4. The van der Waals surface area contributed by atoms with E-state index in [9.17, 15) is 5.26 Å². The summed E-state index contributed by atoms with van der Waals surface area (Å²) in [6, 6.07) is 24.2. The fourth-order valence-electron chi connectivity index (χ4n) is 5.47. The summed E-state index contributed by atoms with van der Waals surface area (Å²) in [5.41, 5.74) is 2.19. The largest absolute Gasteiger partial charge is 0.197 e. The van der Waals surface area contributed by atoms with Gasteiger partial charge in [0.1, 0.15) is 0 Å². The molecule has 0 spiro atoms. The van der Waals surface area contributed by atoms with Crippen LogP contribution < -0.4 is 0 Å². The van der Waals surface area contributed by atoms with Crippen molar-refractivity contribution in [2.24, 2.45) is 10.2 Å². The van der Waals surface area contributed by atoms with Gasteiger partial charge in [0.25, 0.3) is 0 Å². The van der Waals surface area contributed by atoms with Gasteiger partial charge in [-0.2, -0.15) is 15.5 Å². The number of hydrogen-bond donors (Lipinski definition) is 0. The molecule has 0 radical (unpaired) electrons. The summed E-state index contributed by atoms with van der Waals surface area (Å²) in [5.74, 6) is 0. The maximum Gasteiger partial charge on any atom is 0.0822 e. The van der Waals surface area contributed by atoms with Gasteiger partial charge in [0.15, 0.2) is 0 Å². The standard InChI is InChI=1S/C34H51N3/c1-3-4-5-6-7-8-9-10-11-19-28-34(30-35,32-23-16-13-17-24-32)29-20-18-25-33(37-36-2)27-26-31-21-14-12-15-22-31/h12-17,21-24,33H,3-11,18-20,25-29H2,1-2H3/b37-36+. The maximum atomic E-state index is 10.4. The van der Waals surface area contributed by atoms with Crippen LogP contribution in [0.2, 0.25) is 0 Å². The number of nitriles is 1. The molecule has 2 rings (SSSR count). The van der Waals surface area contributed by atoms with E-state index >= 15 is 0 Å². The Kier molecular flexibility index (Phi) is 16.3. The zero-order chi connectivity index (χ0) is 26.4. The molecule has 0 aliphatic carbocycles. The van der Waals surface area contributed by atoms with Gasteiger partial charge in [-0.1, -0.05) is 145 Å². The third-order valence-electron chi connectivity index (χ3n) is 7.78. The zero-order valence-corrected chi connectivity index (χ0v) is 23.7. The van der Waals surface area contributed by atoms with Crippen molar-refractivity contribution in [2.75, 3.05) is 7.05 Å². The van der Waals surface area contributed by atoms with E-state index in [0.29, 0.717) is 0 Å². The van der Waals surface area contributed by atoms with Crippen LogP contribution in [-0.2, 0) is 11.8 Å². The Morgan fingerprint density at radius 2 is 1.24 bits per heavy atom. The van der Waals surface area contributed by atoms with Crippen LogP contribution in [0.3, 0.4) is 0 Å². The molecule has 2 unspecified atom stereocenters. The first-order chi connectivity index (χ1) is 18.2. The van der Waals surface area contributed by atoms with Gasteiger partial charge in [0, 0.05) is 7.05 Å². The Morgan fingerprint density at radius 1 is 0.703 bits per heavy atom. The molecule has 3 heteroatoms. The Morgan fingerprint density at radius 3 is 1.81 bits per heavy atom. The second-order valence-corrected chi connectivity index (χ2v) is 10.7. The molecular weight excluding hydrogens is 450 g/mol. The Labute approximate surface area is 227 Å². The van der Waals surface area contributed by atoms with Crippen molar-refractivity contribution in [3.63, 3.8) is 0 Å². The highest BCUT2D eigenvalue weighted by molar-refractivity contribution is 5.32. The molecule has 0 saturated heterocycles. The van der Waals surface area contributed by atoms with Gasteiger partial charge >= 0.3 is 0 Å². The first-order valence-corrected chi connectivity index (χ1v) is 15.0. The molecule has 0 aliphatic heterocycles. The second-order valence-electron chi connectivity index (χ2n) is 10.7. The summed E-state index contributed by atoms with van der Waals surface area (Å²) in [4.78, 5) is 0. The molecule has 0 saturated carbocycles. The van der Waals surface area contributed by atoms with Crippen molar-refractivity contribution in [3.8, 4) is 6.07 Å². The van der Waals surface area contributed by atoms with E-state index in [1.807, 2.05) is 0 Å². The fourth-order valence-corrected chi connectivity index (χ4v) is 5.47. The Hall–Kier alpha value is -2.47. The monoisotopic (exact) mass is 501 g/mol. The minimum Gasteiger partial charge on any atom is -0.197 e. The van der Waals surface area contributed by atoms with E-state index in [-0.39, 0.29) is 11.5 Å². The third kappa shape index (κ3) is 12.6. The van der Waals surface area contributed by atoms with Crippen LogP contribution in [0.25, 0.3) is 0 Å². The molecule has 2 aromatic rings. The SMILES string of the molecule is CCCCCCCCCCCCC(C#N)(CCCCC(CCc1ccccc1)/N=N/C)c1ccccc1. The highest BCUT2D eigenvalue weighted by Gasteiger charge is 2.31. The number of hydrogen-bond acceptors (Lipinski definition) is 3. The molecule has 0 bridgehead atoms. The van der Waals surface area contributed by atoms with Gasteiger partial charge in [-0.05, 0) is 43.2 Å². The maximum absolute atomic E-state index is 10.4. The zero-order valence-electron chi connectivity index (χ0n) is 23.7. The summed E-state index contributed by atoms with van der Waals surface area (Å²) >= 11 is 0. The summed E-state index contributed by atoms with van der Waals surface area (Å²) in [6.45, 7) is 2.28. The van der Waals surface area contributed by atoms with Gasteiger partial charge < -0.3 is 0 Å². The molecule has 2 atom stereocenters. The summed E-state index contributed by atoms with van der Waals surface area (Å²) < 4.78 is 0. The Balaban J connectivity index is 1.80. The van der Waals surface area contributed by atoms with Crippen molar-refractivity contribution in [2.45, 2.75) is 128 Å². The number of nitrogens with zero attached hydrogens (tertiary/aromatic N) is 3. The minimum absolute atomic E-state index is 0.264. The molecule has 0 amide bonds. The minimum atomic E-state index is -0.368. The molecule has 0 fully saturated rings. The smallest absolute Gasteiger partial charge is 0.0822 e. The number of rotatable bonds is 21. The lowest BCUT2D eigenvalue weighted by molar-refractivity contribution is 0.404. The number of unbranched alkanes of at least 4 members (excludes halogenated alkanes) is 10. The van der Waals surface area contributed by atoms with Gasteiger partial charge in [0.2, 0.25) is 0 Å². The van der Waals surface area contributed by atoms with Gasteiger partial charge in [-0.3, -0.25) is 0 Å². The van der Waals surface area contributed by atoms with Crippen LogP contribution in [0.5, 0.6) is 0 Å². The van der Waals surface area contributed by atoms with Crippen LogP contribution in [0, 0.1) is 11.3 Å². The van der Waals surface area contributed by atoms with E-state index < -0.39 is 0 Å². The number of aryl methyl sites for hydroxylation is 1. The van der Waals surface area contributed by atoms with Crippen molar-refractivity contribution < 1.29 is 0 Å². The van der Waals surface area contributed by atoms with Crippen molar-refractivity contribution in [3.05, 3.63) is 71.8 Å². The third-order valence-corrected chi connectivity index (χ3v) is 7.78. The lowest BCUT2D eigenvalue weighted by atomic mass is 9.73. The van der Waals surface area contributed by atoms with E-state index in [0.717, 1.165) is 51.4 Å². The lowest BCUT2D eigenvalue weighted by Gasteiger charge is -2.28. The first-order valence-electron chi connectivity index (χ1n) is 15.0. The molecule has 0 heterocycles. The highest BCUT2D eigenvalue weighted by Crippen LogP contribution is 2.35. The lowest BCUT2D eigenvalue weighted by Crippen LogP contribution is -2.24. The molecule has 2 aromatic carbocycles. The van der Waals surface area contributed by atoms with E-state index in [2.05, 4.69) is 83.9 Å². The molecule has 0 aliphatic rings. The van der Waals surface area contributed by atoms with Crippen LogP contribution in [0.15, 0.2) is 70.9 Å². The molecule has 0 aromatic heterocycles. The van der Waals surface area contributed by atoms with Crippen LogP contribution >= 0.6 is 0 Å². The van der Waals surface area contributed by atoms with E-state index in [1.165, 1.54) is 68.9 Å². The number of benzene rings is 2. The average molecular weight is 502 g/mol. The fraction of sp³-hybridized carbons (Fsp3) is 0.618. The quantitative estimate of drug-likeness (QED) is 0.124. The van der Waals surface area contributed by atoms with E-state index in [1.54, 1.807) is 7.05 Å². The average Bonchev–Trinajstić information content (AvgIpc) is 2.95. The highest BCUT2D eigenvalue weighted by atomic mass is 15.1. The van der Waals surface area contributed by atoms with Crippen LogP contribution in [0.1, 0.15) is 121 Å². The second kappa shape index (κ2) is 19.6. The van der Waals surface area contributed by atoms with Gasteiger partial charge in [-0.15, -0.1) is 0 Å². The topological polar surface area (TPSA) is 48.5 Å². The summed E-state index contributed by atoms with van der Waals surface area (Å²) in [7, 11) is 1.78. The normalized spacial score (nSPS) is 13.9. The molecule has 202 valence electrons. The van der Waals surface area contributed by atoms with Gasteiger partial charge in [-0.25, -0.2) is 0 Å². The first kappa shape index (κ1) is 30.8. The molecule has 0 N–H and O–H groups in total. The molecule has 37 heavy (non-hydrogen) atoms. The predicted octanol–water partition coefficient (Wildman–Crippen LogP) is 10.4. The van der Waals surface area contributed by atoms with Crippen molar-refractivity contribution in [1.82, 2.24) is 0 Å². The van der Waals surface area contributed by atoms with Gasteiger partial charge in [0.05, 0.1) is 17.5 Å².